The van der Waals surface area contributed by atoms with Gasteiger partial charge in [0, 0.05) is 19.3 Å². The van der Waals surface area contributed by atoms with Gasteiger partial charge in [-0.05, 0) is 25.0 Å². The fourth-order valence-corrected chi connectivity index (χ4v) is 2.67. The maximum absolute atomic E-state index is 13.9. The summed E-state index contributed by atoms with van der Waals surface area (Å²) in [4.78, 5) is 21.0. The quantitative estimate of drug-likeness (QED) is 0.875. The maximum Gasteiger partial charge on any atom is 0.229 e. The summed E-state index contributed by atoms with van der Waals surface area (Å²) in [6.45, 7) is 3.28. The zero-order valence-corrected chi connectivity index (χ0v) is 13.0. The lowest BCUT2D eigenvalue weighted by Gasteiger charge is -2.41. The minimum atomic E-state index is -0.597. The lowest BCUT2D eigenvalue weighted by atomic mass is 9.75. The Morgan fingerprint density at radius 2 is 2.09 bits per heavy atom. The topological polar surface area (TPSA) is 66.9 Å². The van der Waals surface area contributed by atoms with E-state index in [0.717, 1.165) is 5.69 Å². The summed E-state index contributed by atoms with van der Waals surface area (Å²) in [6.07, 6.45) is 3.71. The molecule has 1 aromatic carbocycles. The molecule has 5 nitrogen and oxygen atoms in total. The average molecular weight is 314 g/mol. The molecule has 1 aromatic heterocycles. The van der Waals surface area contributed by atoms with Crippen LogP contribution in [0.3, 0.4) is 0 Å². The standard InChI is InChI=1S/C17H19FN4O/c1-12-7-21-14(8-20-12)9-22-16(23)17(10-19-11-17)6-13-4-2-3-5-15(13)18/h2-5,7-8,19H,6,9-11H2,1H3,(H,22,23). The average Bonchev–Trinajstić information content (AvgIpc) is 2.51. The van der Waals surface area contributed by atoms with Gasteiger partial charge in [-0.25, -0.2) is 4.39 Å². The fourth-order valence-electron chi connectivity index (χ4n) is 2.67. The van der Waals surface area contributed by atoms with E-state index in [0.29, 0.717) is 37.3 Å². The number of rotatable bonds is 5. The molecule has 0 radical (unpaired) electrons. The maximum atomic E-state index is 13.9. The van der Waals surface area contributed by atoms with Crippen molar-refractivity contribution in [1.82, 2.24) is 20.6 Å². The van der Waals surface area contributed by atoms with E-state index in [9.17, 15) is 9.18 Å². The summed E-state index contributed by atoms with van der Waals surface area (Å²) in [6, 6.07) is 6.60. The number of aryl methyl sites for hydroxylation is 1. The van der Waals surface area contributed by atoms with Crippen molar-refractivity contribution in [3.05, 3.63) is 59.4 Å². The molecule has 0 unspecified atom stereocenters. The Morgan fingerprint density at radius 3 is 2.70 bits per heavy atom. The van der Waals surface area contributed by atoms with Gasteiger partial charge >= 0.3 is 0 Å². The second-order valence-corrected chi connectivity index (χ2v) is 5.98. The molecule has 3 rings (SSSR count). The van der Waals surface area contributed by atoms with Crippen LogP contribution in [-0.2, 0) is 17.8 Å². The molecule has 0 aliphatic carbocycles. The van der Waals surface area contributed by atoms with Crippen LogP contribution in [0.2, 0.25) is 0 Å². The van der Waals surface area contributed by atoms with Gasteiger partial charge in [0.2, 0.25) is 5.91 Å². The SMILES string of the molecule is Cc1cnc(CNC(=O)C2(Cc3ccccc3F)CNC2)cn1. The van der Waals surface area contributed by atoms with Gasteiger partial charge < -0.3 is 10.6 Å². The van der Waals surface area contributed by atoms with Crippen LogP contribution in [0.5, 0.6) is 0 Å². The predicted molar refractivity (Wildman–Crippen MR) is 84.0 cm³/mol. The molecule has 1 aliphatic rings. The minimum absolute atomic E-state index is 0.0816. The van der Waals surface area contributed by atoms with E-state index in [1.54, 1.807) is 30.6 Å². The number of carbonyl (C=O) groups is 1. The summed E-state index contributed by atoms with van der Waals surface area (Å²) < 4.78 is 13.9. The monoisotopic (exact) mass is 314 g/mol. The summed E-state index contributed by atoms with van der Waals surface area (Å²) in [5.74, 6) is -0.349. The summed E-state index contributed by atoms with van der Waals surface area (Å²) in [5, 5.41) is 6.01. The van der Waals surface area contributed by atoms with Gasteiger partial charge in [0.25, 0.3) is 0 Å². The Labute approximate surface area is 134 Å². The summed E-state index contributed by atoms with van der Waals surface area (Å²) >= 11 is 0. The largest absolute Gasteiger partial charge is 0.350 e. The fraction of sp³-hybridized carbons (Fsp3) is 0.353. The van der Waals surface area contributed by atoms with E-state index in [1.807, 2.05) is 6.92 Å². The molecule has 120 valence electrons. The van der Waals surface area contributed by atoms with E-state index in [1.165, 1.54) is 6.07 Å². The third kappa shape index (κ3) is 3.37. The van der Waals surface area contributed by atoms with Crippen molar-refractivity contribution >= 4 is 5.91 Å². The highest BCUT2D eigenvalue weighted by atomic mass is 19.1. The molecule has 1 saturated heterocycles. The van der Waals surface area contributed by atoms with Gasteiger partial charge in [-0.15, -0.1) is 0 Å². The van der Waals surface area contributed by atoms with Gasteiger partial charge in [0.1, 0.15) is 5.82 Å². The van der Waals surface area contributed by atoms with E-state index >= 15 is 0 Å². The van der Waals surface area contributed by atoms with Crippen LogP contribution in [0.15, 0.2) is 36.7 Å². The molecule has 1 fully saturated rings. The van der Waals surface area contributed by atoms with Gasteiger partial charge in [-0.1, -0.05) is 18.2 Å². The number of nitrogens with one attached hydrogen (secondary N) is 2. The van der Waals surface area contributed by atoms with Crippen molar-refractivity contribution in [2.24, 2.45) is 5.41 Å². The molecule has 0 spiro atoms. The number of carbonyl (C=O) groups excluding carboxylic acids is 1. The van der Waals surface area contributed by atoms with E-state index in [2.05, 4.69) is 20.6 Å². The van der Waals surface area contributed by atoms with Crippen LogP contribution in [0.1, 0.15) is 17.0 Å². The molecule has 0 atom stereocenters. The van der Waals surface area contributed by atoms with Crippen LogP contribution in [0.25, 0.3) is 0 Å². The zero-order chi connectivity index (χ0) is 16.3. The number of aromatic nitrogens is 2. The second kappa shape index (κ2) is 6.42. The van der Waals surface area contributed by atoms with Crippen LogP contribution >= 0.6 is 0 Å². The Morgan fingerprint density at radius 1 is 1.30 bits per heavy atom. The molecular formula is C17H19FN4O. The molecule has 1 aliphatic heterocycles. The third-order valence-corrected chi connectivity index (χ3v) is 4.16. The molecule has 2 N–H and O–H groups in total. The first-order valence-corrected chi connectivity index (χ1v) is 7.59. The zero-order valence-electron chi connectivity index (χ0n) is 13.0. The number of amides is 1. The van der Waals surface area contributed by atoms with Crippen LogP contribution < -0.4 is 10.6 Å². The first kappa shape index (κ1) is 15.6. The highest BCUT2D eigenvalue weighted by Gasteiger charge is 2.44. The van der Waals surface area contributed by atoms with E-state index < -0.39 is 5.41 Å². The normalized spacial score (nSPS) is 15.7. The molecule has 23 heavy (non-hydrogen) atoms. The molecule has 6 heteroatoms. The van der Waals surface area contributed by atoms with Gasteiger partial charge in [-0.3, -0.25) is 14.8 Å². The van der Waals surface area contributed by atoms with Crippen LogP contribution in [0.4, 0.5) is 4.39 Å². The molecule has 1 amide bonds. The number of hydrogen-bond acceptors (Lipinski definition) is 4. The Balaban J connectivity index is 1.66. The lowest BCUT2D eigenvalue weighted by Crippen LogP contribution is -2.62. The van der Waals surface area contributed by atoms with Crippen molar-refractivity contribution in [2.75, 3.05) is 13.1 Å². The van der Waals surface area contributed by atoms with Gasteiger partial charge in [-0.2, -0.15) is 0 Å². The number of nitrogens with zero attached hydrogens (tertiary/aromatic N) is 2. The van der Waals surface area contributed by atoms with Crippen molar-refractivity contribution in [2.45, 2.75) is 19.9 Å². The summed E-state index contributed by atoms with van der Waals surface area (Å²) in [5.41, 5.74) is 1.51. The van der Waals surface area contributed by atoms with Crippen molar-refractivity contribution < 1.29 is 9.18 Å². The lowest BCUT2D eigenvalue weighted by molar-refractivity contribution is -0.134. The minimum Gasteiger partial charge on any atom is -0.350 e. The first-order valence-electron chi connectivity index (χ1n) is 7.59. The van der Waals surface area contributed by atoms with E-state index in [-0.39, 0.29) is 11.7 Å². The Kier molecular flexibility index (Phi) is 4.34. The van der Waals surface area contributed by atoms with Crippen molar-refractivity contribution in [1.29, 1.82) is 0 Å². The van der Waals surface area contributed by atoms with Crippen molar-refractivity contribution in [3.8, 4) is 0 Å². The predicted octanol–water partition coefficient (Wildman–Crippen LogP) is 1.37. The Hall–Kier alpha value is -2.34. The van der Waals surface area contributed by atoms with Crippen LogP contribution in [0, 0.1) is 18.2 Å². The first-order chi connectivity index (χ1) is 11.1. The Bertz CT molecular complexity index is 698. The third-order valence-electron chi connectivity index (χ3n) is 4.16. The number of hydrogen-bond donors (Lipinski definition) is 2. The second-order valence-electron chi connectivity index (χ2n) is 5.98. The van der Waals surface area contributed by atoms with Gasteiger partial charge in [0.15, 0.2) is 0 Å². The molecular weight excluding hydrogens is 295 g/mol. The molecule has 0 bridgehead atoms. The van der Waals surface area contributed by atoms with Gasteiger partial charge in [0.05, 0.1) is 29.5 Å². The molecule has 0 saturated carbocycles. The van der Waals surface area contributed by atoms with Crippen LogP contribution in [-0.4, -0.2) is 29.0 Å². The smallest absolute Gasteiger partial charge is 0.229 e. The highest BCUT2D eigenvalue weighted by Crippen LogP contribution is 2.29. The summed E-state index contributed by atoms with van der Waals surface area (Å²) in [7, 11) is 0. The molecule has 2 heterocycles. The highest BCUT2D eigenvalue weighted by molar-refractivity contribution is 5.84. The molecule has 2 aromatic rings. The number of benzene rings is 1. The van der Waals surface area contributed by atoms with E-state index in [4.69, 9.17) is 0 Å². The van der Waals surface area contributed by atoms with Crippen molar-refractivity contribution in [3.63, 3.8) is 0 Å². The number of halogens is 1.